The molecule has 3 rings (SSSR count). The first-order chi connectivity index (χ1) is 13.8. The van der Waals surface area contributed by atoms with Gasteiger partial charge >= 0.3 is 0 Å². The fourth-order valence-corrected chi connectivity index (χ4v) is 5.48. The lowest BCUT2D eigenvalue weighted by Crippen LogP contribution is -2.36. The van der Waals surface area contributed by atoms with Crippen LogP contribution in [0, 0.1) is 0 Å². The number of ketones is 1. The van der Waals surface area contributed by atoms with Gasteiger partial charge in [0.1, 0.15) is 4.90 Å². The lowest BCUT2D eigenvalue weighted by Gasteiger charge is -2.26. The van der Waals surface area contributed by atoms with Gasteiger partial charge < -0.3 is 5.32 Å². The number of halogens is 2. The Kier molecular flexibility index (Phi) is 6.95. The van der Waals surface area contributed by atoms with Crippen molar-refractivity contribution in [3.63, 3.8) is 0 Å². The summed E-state index contributed by atoms with van der Waals surface area (Å²) in [5, 5.41) is 2.46. The number of benzene rings is 2. The smallest absolute Gasteiger partial charge is 0.253 e. The predicted molar refractivity (Wildman–Crippen MR) is 112 cm³/mol. The third kappa shape index (κ3) is 4.98. The van der Waals surface area contributed by atoms with Crippen LogP contribution in [0.1, 0.15) is 40.0 Å². The number of hydrogen-bond donors (Lipinski definition) is 1. The van der Waals surface area contributed by atoms with Gasteiger partial charge in [0.15, 0.2) is 5.78 Å². The van der Waals surface area contributed by atoms with Gasteiger partial charge in [0.25, 0.3) is 5.91 Å². The molecule has 0 spiro atoms. The molecule has 0 aromatic heterocycles. The number of hydrogen-bond acceptors (Lipinski definition) is 4. The van der Waals surface area contributed by atoms with Crippen molar-refractivity contribution in [1.29, 1.82) is 0 Å². The average Bonchev–Trinajstić information content (AvgIpc) is 2.73. The maximum absolute atomic E-state index is 13.0. The van der Waals surface area contributed by atoms with Crippen LogP contribution in [0.3, 0.4) is 0 Å². The fraction of sp³-hybridized carbons (Fsp3) is 0.300. The van der Waals surface area contributed by atoms with Crippen LogP contribution in [0.15, 0.2) is 47.4 Å². The molecule has 0 aliphatic carbocycles. The summed E-state index contributed by atoms with van der Waals surface area (Å²) in [6.45, 7) is 0.582. The Morgan fingerprint density at radius 2 is 1.62 bits per heavy atom. The lowest BCUT2D eigenvalue weighted by atomic mass is 10.1. The largest absolute Gasteiger partial charge is 0.345 e. The van der Waals surface area contributed by atoms with Gasteiger partial charge in [-0.15, -0.1) is 0 Å². The van der Waals surface area contributed by atoms with Crippen LogP contribution in [0.25, 0.3) is 0 Å². The molecule has 154 valence electrons. The van der Waals surface area contributed by atoms with E-state index in [0.717, 1.165) is 19.3 Å². The summed E-state index contributed by atoms with van der Waals surface area (Å²) in [5.41, 5.74) is 0.413. The highest BCUT2D eigenvalue weighted by Crippen LogP contribution is 2.31. The summed E-state index contributed by atoms with van der Waals surface area (Å²) in [4.78, 5) is 24.6. The van der Waals surface area contributed by atoms with Crippen LogP contribution < -0.4 is 5.32 Å². The van der Waals surface area contributed by atoms with Crippen LogP contribution >= 0.6 is 23.2 Å². The molecule has 1 fully saturated rings. The molecule has 1 amide bonds. The number of nitrogens with zero attached hydrogens (tertiary/aromatic N) is 1. The summed E-state index contributed by atoms with van der Waals surface area (Å²) in [7, 11) is -3.84. The number of Topliss-reactive ketones (excluding diaryl/α,β-unsaturated/α-hetero) is 1. The molecule has 29 heavy (non-hydrogen) atoms. The predicted octanol–water partition coefficient (Wildman–Crippen LogP) is 3.78. The summed E-state index contributed by atoms with van der Waals surface area (Å²) < 4.78 is 27.3. The minimum Gasteiger partial charge on any atom is -0.345 e. The first-order valence-corrected chi connectivity index (χ1v) is 11.4. The van der Waals surface area contributed by atoms with E-state index in [-0.39, 0.29) is 32.8 Å². The van der Waals surface area contributed by atoms with Gasteiger partial charge in [0.05, 0.1) is 22.2 Å². The second kappa shape index (κ2) is 9.26. The maximum atomic E-state index is 13.0. The highest BCUT2D eigenvalue weighted by atomic mass is 35.5. The van der Waals surface area contributed by atoms with Crippen molar-refractivity contribution in [2.45, 2.75) is 24.2 Å². The minimum atomic E-state index is -3.84. The van der Waals surface area contributed by atoms with E-state index in [9.17, 15) is 18.0 Å². The second-order valence-electron chi connectivity index (χ2n) is 6.70. The number of rotatable bonds is 6. The normalized spacial score (nSPS) is 15.1. The van der Waals surface area contributed by atoms with E-state index in [4.69, 9.17) is 23.2 Å². The molecule has 9 heteroatoms. The molecule has 1 aliphatic rings. The number of nitrogens with one attached hydrogen (secondary N) is 1. The summed E-state index contributed by atoms with van der Waals surface area (Å²) in [5.74, 6) is -0.920. The van der Waals surface area contributed by atoms with E-state index < -0.39 is 15.9 Å². The van der Waals surface area contributed by atoms with Crippen molar-refractivity contribution in [2.75, 3.05) is 19.6 Å². The first kappa shape index (κ1) is 21.8. The molecule has 0 saturated carbocycles. The molecule has 0 atom stereocenters. The number of piperidine rings is 1. The monoisotopic (exact) mass is 454 g/mol. The quantitative estimate of drug-likeness (QED) is 0.672. The van der Waals surface area contributed by atoms with E-state index in [1.54, 1.807) is 30.3 Å². The lowest BCUT2D eigenvalue weighted by molar-refractivity contribution is 0.0904. The van der Waals surface area contributed by atoms with Crippen molar-refractivity contribution < 1.29 is 18.0 Å². The molecular weight excluding hydrogens is 435 g/mol. The third-order valence-electron chi connectivity index (χ3n) is 4.70. The van der Waals surface area contributed by atoms with Crippen molar-refractivity contribution in [3.8, 4) is 0 Å². The molecule has 6 nitrogen and oxygen atoms in total. The van der Waals surface area contributed by atoms with E-state index in [1.807, 2.05) is 0 Å². The molecule has 1 heterocycles. The Morgan fingerprint density at radius 1 is 0.966 bits per heavy atom. The molecule has 1 N–H and O–H groups in total. The van der Waals surface area contributed by atoms with Gasteiger partial charge in [0.2, 0.25) is 10.0 Å². The molecule has 0 unspecified atom stereocenters. The van der Waals surface area contributed by atoms with Crippen molar-refractivity contribution in [2.24, 2.45) is 0 Å². The molecule has 1 aliphatic heterocycles. The molecule has 0 bridgehead atoms. The highest BCUT2D eigenvalue weighted by Gasteiger charge is 2.29. The zero-order valence-electron chi connectivity index (χ0n) is 15.5. The summed E-state index contributed by atoms with van der Waals surface area (Å²) >= 11 is 12.3. The Bertz CT molecular complexity index is 1020. The molecule has 1 saturated heterocycles. The fourth-order valence-electron chi connectivity index (χ4n) is 3.13. The van der Waals surface area contributed by atoms with Crippen LogP contribution in [-0.2, 0) is 10.0 Å². The average molecular weight is 455 g/mol. The summed E-state index contributed by atoms with van der Waals surface area (Å²) in [6, 6.07) is 10.9. The van der Waals surface area contributed by atoms with Gasteiger partial charge in [-0.3, -0.25) is 9.59 Å². The number of sulfonamides is 1. The first-order valence-electron chi connectivity index (χ1n) is 9.16. The number of amides is 1. The van der Waals surface area contributed by atoms with Gasteiger partial charge in [-0.25, -0.2) is 8.42 Å². The van der Waals surface area contributed by atoms with Crippen LogP contribution in [-0.4, -0.2) is 44.0 Å². The third-order valence-corrected chi connectivity index (χ3v) is 7.38. The van der Waals surface area contributed by atoms with Crippen LogP contribution in [0.5, 0.6) is 0 Å². The highest BCUT2D eigenvalue weighted by molar-refractivity contribution is 7.89. The Labute approximate surface area is 179 Å². The maximum Gasteiger partial charge on any atom is 0.253 e. The Balaban J connectivity index is 1.81. The SMILES string of the molecule is O=C(CNC(=O)c1cc(S(=O)(=O)N2CCCCC2)c(Cl)cc1Cl)c1ccccc1. The Hall–Kier alpha value is -1.93. The topological polar surface area (TPSA) is 83.5 Å². The zero-order valence-corrected chi connectivity index (χ0v) is 17.9. The van der Waals surface area contributed by atoms with Gasteiger partial charge in [-0.05, 0) is 25.0 Å². The summed E-state index contributed by atoms with van der Waals surface area (Å²) in [6.07, 6.45) is 2.53. The second-order valence-corrected chi connectivity index (χ2v) is 9.42. The van der Waals surface area contributed by atoms with Gasteiger partial charge in [0, 0.05) is 18.7 Å². The van der Waals surface area contributed by atoms with Crippen LogP contribution in [0.2, 0.25) is 10.0 Å². The molecule has 2 aromatic carbocycles. The van der Waals surface area contributed by atoms with Crippen LogP contribution in [0.4, 0.5) is 0 Å². The van der Waals surface area contributed by atoms with Crippen molar-refractivity contribution >= 4 is 44.9 Å². The van der Waals surface area contributed by atoms with Gasteiger partial charge in [-0.1, -0.05) is 60.0 Å². The number of carbonyl (C=O) groups excluding carboxylic acids is 2. The number of carbonyl (C=O) groups is 2. The van der Waals surface area contributed by atoms with E-state index in [2.05, 4.69) is 5.32 Å². The zero-order chi connectivity index (χ0) is 21.0. The molecular formula is C20H20Cl2N2O4S. The standard InChI is InChI=1S/C20H20Cl2N2O4S/c21-16-12-17(22)19(29(27,28)24-9-5-2-6-10-24)11-15(16)20(26)23-13-18(25)14-7-3-1-4-8-14/h1,3-4,7-8,11-12H,2,5-6,9-10,13H2,(H,23,26). The molecule has 0 radical (unpaired) electrons. The Morgan fingerprint density at radius 3 is 2.28 bits per heavy atom. The van der Waals surface area contributed by atoms with Crippen molar-refractivity contribution in [1.82, 2.24) is 9.62 Å². The molecule has 2 aromatic rings. The van der Waals surface area contributed by atoms with E-state index in [0.29, 0.717) is 18.7 Å². The van der Waals surface area contributed by atoms with Gasteiger partial charge in [-0.2, -0.15) is 4.31 Å². The van der Waals surface area contributed by atoms with E-state index >= 15 is 0 Å². The minimum absolute atomic E-state index is 0.0113. The van der Waals surface area contributed by atoms with Crippen molar-refractivity contribution in [3.05, 3.63) is 63.6 Å². The van der Waals surface area contributed by atoms with E-state index in [1.165, 1.54) is 16.4 Å².